The molecule has 1 aliphatic heterocycles. The van der Waals surface area contributed by atoms with Crippen molar-refractivity contribution >= 4 is 32.2 Å². The number of nitrogens with zero attached hydrogens (tertiary/aromatic N) is 1. The van der Waals surface area contributed by atoms with Crippen molar-refractivity contribution in [1.82, 2.24) is 9.88 Å². The van der Waals surface area contributed by atoms with E-state index in [0.29, 0.717) is 5.69 Å². The highest BCUT2D eigenvalue weighted by Gasteiger charge is 2.14. The summed E-state index contributed by atoms with van der Waals surface area (Å²) in [5.41, 5.74) is 4.12. The zero-order chi connectivity index (χ0) is 15.7. The third-order valence-electron chi connectivity index (χ3n) is 4.09. The molecule has 0 atom stereocenters. The Morgan fingerprint density at radius 1 is 1.36 bits per heavy atom. The van der Waals surface area contributed by atoms with E-state index in [1.54, 1.807) is 13.0 Å². The maximum Gasteiger partial charge on any atom is 0.232 e. The van der Waals surface area contributed by atoms with E-state index in [1.165, 1.54) is 11.1 Å². The van der Waals surface area contributed by atoms with Gasteiger partial charge in [0.2, 0.25) is 10.0 Å². The third-order valence-corrected chi connectivity index (χ3v) is 5.40. The van der Waals surface area contributed by atoms with Gasteiger partial charge in [-0.25, -0.2) is 8.42 Å². The van der Waals surface area contributed by atoms with Crippen molar-refractivity contribution in [2.45, 2.75) is 13.3 Å². The molecule has 1 aromatic heterocycles. The minimum Gasteiger partial charge on any atom is -0.361 e. The summed E-state index contributed by atoms with van der Waals surface area (Å²) in [6, 6.07) is 5.62. The number of likely N-dealkylation sites (N-methyl/N-ethyl adjacent to an activating group) is 1. The van der Waals surface area contributed by atoms with Gasteiger partial charge in [-0.2, -0.15) is 0 Å². The van der Waals surface area contributed by atoms with Crippen LogP contribution in [-0.4, -0.2) is 44.2 Å². The fourth-order valence-corrected chi connectivity index (χ4v) is 3.35. The van der Waals surface area contributed by atoms with Crippen LogP contribution in [0.2, 0.25) is 0 Å². The number of rotatable bonds is 4. The number of nitrogens with one attached hydrogen (secondary N) is 2. The molecule has 0 amide bonds. The first-order chi connectivity index (χ1) is 10.5. The molecule has 0 saturated carbocycles. The second-order valence-corrected chi connectivity index (χ2v) is 7.72. The van der Waals surface area contributed by atoms with E-state index in [2.05, 4.69) is 27.7 Å². The van der Waals surface area contributed by atoms with Gasteiger partial charge in [-0.05, 0) is 44.2 Å². The van der Waals surface area contributed by atoms with Crippen LogP contribution < -0.4 is 4.72 Å². The molecule has 0 radical (unpaired) electrons. The first kappa shape index (κ1) is 15.1. The molecular formula is C16H21N3O2S. The van der Waals surface area contributed by atoms with Gasteiger partial charge in [0.05, 0.1) is 5.75 Å². The summed E-state index contributed by atoms with van der Waals surface area (Å²) >= 11 is 0. The van der Waals surface area contributed by atoms with Crippen LogP contribution in [0.3, 0.4) is 0 Å². The van der Waals surface area contributed by atoms with Crippen molar-refractivity contribution in [3.05, 3.63) is 36.0 Å². The Morgan fingerprint density at radius 3 is 2.86 bits per heavy atom. The number of hydrogen-bond acceptors (Lipinski definition) is 3. The summed E-state index contributed by atoms with van der Waals surface area (Å²) in [6.07, 6.45) is 5.27. The van der Waals surface area contributed by atoms with Crippen molar-refractivity contribution in [3.63, 3.8) is 0 Å². The summed E-state index contributed by atoms with van der Waals surface area (Å²) in [4.78, 5) is 5.55. The van der Waals surface area contributed by atoms with E-state index in [4.69, 9.17) is 0 Å². The molecule has 2 heterocycles. The molecule has 1 aromatic carbocycles. The van der Waals surface area contributed by atoms with Crippen molar-refractivity contribution in [1.29, 1.82) is 0 Å². The van der Waals surface area contributed by atoms with Gasteiger partial charge in [0, 0.05) is 41.4 Å². The van der Waals surface area contributed by atoms with Gasteiger partial charge >= 0.3 is 0 Å². The van der Waals surface area contributed by atoms with E-state index >= 15 is 0 Å². The standard InChI is InChI=1S/C16H21N3O2S/c1-3-22(20,21)18-13-4-5-16-14(10-13)15(11-17-16)12-6-8-19(2)9-7-12/h4-6,10-11,17-18H,3,7-9H2,1-2H3. The molecule has 0 bridgehead atoms. The molecule has 0 fully saturated rings. The number of benzene rings is 1. The maximum absolute atomic E-state index is 11.7. The Labute approximate surface area is 131 Å². The average molecular weight is 319 g/mol. The first-order valence-electron chi connectivity index (χ1n) is 7.48. The van der Waals surface area contributed by atoms with E-state index < -0.39 is 10.0 Å². The Morgan fingerprint density at radius 2 is 2.18 bits per heavy atom. The highest BCUT2D eigenvalue weighted by molar-refractivity contribution is 7.92. The fourth-order valence-electron chi connectivity index (χ4n) is 2.72. The van der Waals surface area contributed by atoms with Crippen molar-refractivity contribution in [2.24, 2.45) is 0 Å². The molecule has 0 aliphatic carbocycles. The lowest BCUT2D eigenvalue weighted by molar-refractivity contribution is 0.370. The van der Waals surface area contributed by atoms with E-state index in [9.17, 15) is 8.42 Å². The lowest BCUT2D eigenvalue weighted by atomic mass is 9.99. The molecule has 6 heteroatoms. The minimum absolute atomic E-state index is 0.0719. The lowest BCUT2D eigenvalue weighted by Crippen LogP contribution is -2.23. The highest BCUT2D eigenvalue weighted by atomic mass is 32.2. The second-order valence-electron chi connectivity index (χ2n) is 5.71. The Kier molecular flexibility index (Phi) is 3.97. The van der Waals surface area contributed by atoms with Gasteiger partial charge in [0.1, 0.15) is 0 Å². The van der Waals surface area contributed by atoms with Crippen LogP contribution in [0.15, 0.2) is 30.5 Å². The van der Waals surface area contributed by atoms with Crippen LogP contribution in [0.5, 0.6) is 0 Å². The van der Waals surface area contributed by atoms with E-state index in [-0.39, 0.29) is 5.75 Å². The SMILES string of the molecule is CCS(=O)(=O)Nc1ccc2[nH]cc(C3=CCN(C)CC3)c2c1. The third kappa shape index (κ3) is 3.03. The van der Waals surface area contributed by atoms with Gasteiger partial charge in [-0.3, -0.25) is 4.72 Å². The highest BCUT2D eigenvalue weighted by Crippen LogP contribution is 2.30. The van der Waals surface area contributed by atoms with Crippen molar-refractivity contribution in [2.75, 3.05) is 30.6 Å². The Hall–Kier alpha value is -1.79. The van der Waals surface area contributed by atoms with E-state index in [1.807, 2.05) is 18.3 Å². The number of aromatic amines is 1. The van der Waals surface area contributed by atoms with Gasteiger partial charge in [-0.1, -0.05) is 6.08 Å². The molecule has 118 valence electrons. The number of aromatic nitrogens is 1. The first-order valence-corrected chi connectivity index (χ1v) is 9.13. The molecule has 0 unspecified atom stereocenters. The molecule has 2 N–H and O–H groups in total. The van der Waals surface area contributed by atoms with Crippen molar-refractivity contribution in [3.8, 4) is 0 Å². The number of H-pyrrole nitrogens is 1. The molecule has 2 aromatic rings. The monoisotopic (exact) mass is 319 g/mol. The smallest absolute Gasteiger partial charge is 0.232 e. The number of anilines is 1. The number of fused-ring (bicyclic) bond motifs is 1. The molecule has 1 aliphatic rings. The lowest BCUT2D eigenvalue weighted by Gasteiger charge is -2.21. The maximum atomic E-state index is 11.7. The van der Waals surface area contributed by atoms with Crippen LogP contribution in [0.4, 0.5) is 5.69 Å². The zero-order valence-corrected chi connectivity index (χ0v) is 13.7. The molecule has 22 heavy (non-hydrogen) atoms. The van der Waals surface area contributed by atoms with Gasteiger partial charge < -0.3 is 9.88 Å². The Bertz CT molecular complexity index is 821. The molecular weight excluding hydrogens is 298 g/mol. The van der Waals surface area contributed by atoms with Gasteiger partial charge in [-0.15, -0.1) is 0 Å². The second kappa shape index (κ2) is 5.78. The summed E-state index contributed by atoms with van der Waals surface area (Å²) in [5.74, 6) is 0.0719. The fraction of sp³-hybridized carbons (Fsp3) is 0.375. The number of hydrogen-bond donors (Lipinski definition) is 2. The minimum atomic E-state index is -3.25. The summed E-state index contributed by atoms with van der Waals surface area (Å²) in [6.45, 7) is 3.62. The molecule has 0 saturated heterocycles. The quantitative estimate of drug-likeness (QED) is 0.910. The average Bonchev–Trinajstić information content (AvgIpc) is 2.91. The number of sulfonamides is 1. The van der Waals surface area contributed by atoms with Crippen molar-refractivity contribution < 1.29 is 8.42 Å². The van der Waals surface area contributed by atoms with E-state index in [0.717, 1.165) is 30.4 Å². The van der Waals surface area contributed by atoms with Gasteiger partial charge in [0.25, 0.3) is 0 Å². The Balaban J connectivity index is 1.99. The summed E-state index contributed by atoms with van der Waals surface area (Å²) in [5, 5.41) is 1.06. The van der Waals surface area contributed by atoms with Crippen LogP contribution in [-0.2, 0) is 10.0 Å². The van der Waals surface area contributed by atoms with Crippen LogP contribution in [0.1, 0.15) is 18.9 Å². The largest absolute Gasteiger partial charge is 0.361 e. The van der Waals surface area contributed by atoms with Crippen LogP contribution >= 0.6 is 0 Å². The predicted molar refractivity (Wildman–Crippen MR) is 91.5 cm³/mol. The topological polar surface area (TPSA) is 65.2 Å². The zero-order valence-electron chi connectivity index (χ0n) is 12.9. The summed E-state index contributed by atoms with van der Waals surface area (Å²) < 4.78 is 26.1. The van der Waals surface area contributed by atoms with Gasteiger partial charge in [0.15, 0.2) is 0 Å². The molecule has 3 rings (SSSR count). The van der Waals surface area contributed by atoms with Crippen LogP contribution in [0.25, 0.3) is 16.5 Å². The van der Waals surface area contributed by atoms with Crippen LogP contribution in [0, 0.1) is 0 Å². The normalized spacial score (nSPS) is 16.7. The molecule has 0 spiro atoms. The predicted octanol–water partition coefficient (Wildman–Crippen LogP) is 2.65. The molecule has 5 nitrogen and oxygen atoms in total. The summed E-state index contributed by atoms with van der Waals surface area (Å²) in [7, 11) is -1.14.